The van der Waals surface area contributed by atoms with Gasteiger partial charge in [-0.05, 0) is 49.2 Å². The molecule has 1 aromatic carbocycles. The monoisotopic (exact) mass is 279 g/mol. The molecule has 0 bridgehead atoms. The average Bonchev–Trinajstić information content (AvgIpc) is 2.41. The van der Waals surface area contributed by atoms with Gasteiger partial charge in [-0.25, -0.2) is 0 Å². The number of aliphatic hydroxyl groups is 1. The van der Waals surface area contributed by atoms with Crippen molar-refractivity contribution in [1.82, 2.24) is 4.98 Å². The third-order valence-electron chi connectivity index (χ3n) is 2.92. The molecule has 0 saturated carbocycles. The van der Waals surface area contributed by atoms with Crippen LogP contribution in [-0.2, 0) is 0 Å². The molecule has 0 amide bonds. The van der Waals surface area contributed by atoms with Crippen molar-refractivity contribution in [2.45, 2.75) is 20.0 Å². The average molecular weight is 280 g/mol. The fourth-order valence-electron chi connectivity index (χ4n) is 1.64. The number of hydrogen-bond donors (Lipinski definition) is 1. The smallest absolute Gasteiger partial charge is 0.130 e. The molecule has 0 saturated heterocycles. The standard InChI is InChI=1S/C15H17NO2.ClH/c1-11-6-7-13(9-12(11)2)18-10-15(17)14-5-3-4-8-16-14;/h3-9,15,17H,10H2,1-2H3;1H. The first-order chi connectivity index (χ1) is 8.66. The van der Waals surface area contributed by atoms with Crippen LogP contribution in [0.2, 0.25) is 0 Å². The Morgan fingerprint density at radius 1 is 1.16 bits per heavy atom. The molecule has 1 N–H and O–H groups in total. The lowest BCUT2D eigenvalue weighted by atomic mass is 10.1. The van der Waals surface area contributed by atoms with Crippen LogP contribution >= 0.6 is 12.4 Å². The van der Waals surface area contributed by atoms with Crippen molar-refractivity contribution in [3.8, 4) is 5.75 Å². The molecule has 3 nitrogen and oxygen atoms in total. The number of benzene rings is 1. The molecule has 0 radical (unpaired) electrons. The Bertz CT molecular complexity index is 517. The molecular weight excluding hydrogens is 262 g/mol. The van der Waals surface area contributed by atoms with Crippen LogP contribution < -0.4 is 4.74 Å². The summed E-state index contributed by atoms with van der Waals surface area (Å²) in [7, 11) is 0. The Morgan fingerprint density at radius 3 is 2.58 bits per heavy atom. The lowest BCUT2D eigenvalue weighted by molar-refractivity contribution is 0.104. The normalized spacial score (nSPS) is 11.5. The number of aryl methyl sites for hydroxylation is 2. The number of rotatable bonds is 4. The molecule has 1 aromatic heterocycles. The zero-order chi connectivity index (χ0) is 13.0. The SMILES string of the molecule is Cc1ccc(OCC(O)c2ccccn2)cc1C.Cl. The van der Waals surface area contributed by atoms with Crippen molar-refractivity contribution in [1.29, 1.82) is 0 Å². The summed E-state index contributed by atoms with van der Waals surface area (Å²) < 4.78 is 5.57. The van der Waals surface area contributed by atoms with Gasteiger partial charge in [-0.1, -0.05) is 12.1 Å². The minimum atomic E-state index is -0.701. The summed E-state index contributed by atoms with van der Waals surface area (Å²) in [5.41, 5.74) is 3.04. The van der Waals surface area contributed by atoms with E-state index in [2.05, 4.69) is 11.9 Å². The van der Waals surface area contributed by atoms with E-state index in [0.29, 0.717) is 5.69 Å². The van der Waals surface area contributed by atoms with E-state index in [9.17, 15) is 5.11 Å². The summed E-state index contributed by atoms with van der Waals surface area (Å²) in [5.74, 6) is 0.771. The van der Waals surface area contributed by atoms with Gasteiger partial charge in [0, 0.05) is 6.20 Å². The van der Waals surface area contributed by atoms with Crippen LogP contribution in [0.5, 0.6) is 5.75 Å². The first kappa shape index (κ1) is 15.5. The van der Waals surface area contributed by atoms with Crippen molar-refractivity contribution >= 4 is 12.4 Å². The minimum absolute atomic E-state index is 0. The van der Waals surface area contributed by atoms with Crippen LogP contribution in [0.25, 0.3) is 0 Å². The van der Waals surface area contributed by atoms with Crippen LogP contribution in [0.1, 0.15) is 22.9 Å². The number of halogens is 1. The van der Waals surface area contributed by atoms with Gasteiger partial charge in [0.25, 0.3) is 0 Å². The largest absolute Gasteiger partial charge is 0.490 e. The maximum absolute atomic E-state index is 9.92. The van der Waals surface area contributed by atoms with Crippen LogP contribution in [0.4, 0.5) is 0 Å². The van der Waals surface area contributed by atoms with Gasteiger partial charge in [0.2, 0.25) is 0 Å². The zero-order valence-electron chi connectivity index (χ0n) is 11.0. The molecule has 19 heavy (non-hydrogen) atoms. The predicted octanol–water partition coefficient (Wildman–Crippen LogP) is 3.23. The molecule has 2 aromatic rings. The molecule has 1 heterocycles. The maximum atomic E-state index is 9.92. The Balaban J connectivity index is 0.00000180. The highest BCUT2D eigenvalue weighted by Gasteiger charge is 2.09. The lowest BCUT2D eigenvalue weighted by Gasteiger charge is -2.12. The highest BCUT2D eigenvalue weighted by molar-refractivity contribution is 5.85. The zero-order valence-corrected chi connectivity index (χ0v) is 11.9. The first-order valence-electron chi connectivity index (χ1n) is 5.96. The van der Waals surface area contributed by atoms with Gasteiger partial charge in [0.15, 0.2) is 0 Å². The van der Waals surface area contributed by atoms with E-state index in [-0.39, 0.29) is 19.0 Å². The van der Waals surface area contributed by atoms with E-state index in [0.717, 1.165) is 5.75 Å². The number of hydrogen-bond acceptors (Lipinski definition) is 3. The fourth-order valence-corrected chi connectivity index (χ4v) is 1.64. The first-order valence-corrected chi connectivity index (χ1v) is 5.96. The van der Waals surface area contributed by atoms with Crippen LogP contribution in [0.3, 0.4) is 0 Å². The Kier molecular flexibility index (Phi) is 5.80. The summed E-state index contributed by atoms with van der Waals surface area (Å²) in [5, 5.41) is 9.92. The summed E-state index contributed by atoms with van der Waals surface area (Å²) >= 11 is 0. The third-order valence-corrected chi connectivity index (χ3v) is 2.92. The van der Waals surface area contributed by atoms with E-state index in [1.165, 1.54) is 11.1 Å². The molecule has 0 aliphatic heterocycles. The molecule has 102 valence electrons. The van der Waals surface area contributed by atoms with Crippen molar-refractivity contribution in [3.05, 3.63) is 59.4 Å². The molecule has 1 unspecified atom stereocenters. The summed E-state index contributed by atoms with van der Waals surface area (Å²) in [6.45, 7) is 4.30. The quantitative estimate of drug-likeness (QED) is 0.934. The third kappa shape index (κ3) is 4.23. The number of aromatic nitrogens is 1. The number of pyridine rings is 1. The molecule has 2 rings (SSSR count). The van der Waals surface area contributed by atoms with Crippen LogP contribution in [-0.4, -0.2) is 16.7 Å². The molecule has 0 aliphatic rings. The summed E-state index contributed by atoms with van der Waals surface area (Å²) in [6.07, 6.45) is 0.960. The van der Waals surface area contributed by atoms with Crippen LogP contribution in [0.15, 0.2) is 42.6 Å². The molecular formula is C15H18ClNO2. The van der Waals surface area contributed by atoms with E-state index in [1.54, 1.807) is 12.3 Å². The van der Waals surface area contributed by atoms with Gasteiger partial charge in [0.1, 0.15) is 18.5 Å². The molecule has 0 fully saturated rings. The van der Waals surface area contributed by atoms with E-state index in [4.69, 9.17) is 4.74 Å². The van der Waals surface area contributed by atoms with Crippen LogP contribution in [0, 0.1) is 13.8 Å². The molecule has 4 heteroatoms. The van der Waals surface area contributed by atoms with Gasteiger partial charge in [-0.3, -0.25) is 4.98 Å². The van der Waals surface area contributed by atoms with E-state index < -0.39 is 6.10 Å². The maximum Gasteiger partial charge on any atom is 0.130 e. The lowest BCUT2D eigenvalue weighted by Crippen LogP contribution is -2.11. The van der Waals surface area contributed by atoms with Gasteiger partial charge in [-0.15, -0.1) is 12.4 Å². The van der Waals surface area contributed by atoms with Gasteiger partial charge >= 0.3 is 0 Å². The highest BCUT2D eigenvalue weighted by atomic mass is 35.5. The second-order valence-corrected chi connectivity index (χ2v) is 4.33. The second-order valence-electron chi connectivity index (χ2n) is 4.33. The van der Waals surface area contributed by atoms with E-state index >= 15 is 0 Å². The Hall–Kier alpha value is -1.58. The van der Waals surface area contributed by atoms with Crippen molar-refractivity contribution in [2.75, 3.05) is 6.61 Å². The summed E-state index contributed by atoms with van der Waals surface area (Å²) in [4.78, 5) is 4.09. The van der Waals surface area contributed by atoms with Crippen molar-refractivity contribution < 1.29 is 9.84 Å². The predicted molar refractivity (Wildman–Crippen MR) is 77.9 cm³/mol. The van der Waals surface area contributed by atoms with Gasteiger partial charge < -0.3 is 9.84 Å². The number of ether oxygens (including phenoxy) is 1. The summed E-state index contributed by atoms with van der Waals surface area (Å²) in [6, 6.07) is 11.3. The second kappa shape index (κ2) is 7.12. The number of nitrogens with zero attached hydrogens (tertiary/aromatic N) is 1. The van der Waals surface area contributed by atoms with Crippen molar-refractivity contribution in [3.63, 3.8) is 0 Å². The minimum Gasteiger partial charge on any atom is -0.490 e. The molecule has 0 spiro atoms. The fraction of sp³-hybridized carbons (Fsp3) is 0.267. The highest BCUT2D eigenvalue weighted by Crippen LogP contribution is 2.18. The molecule has 1 atom stereocenters. The molecule has 0 aliphatic carbocycles. The Morgan fingerprint density at radius 2 is 1.95 bits per heavy atom. The van der Waals surface area contributed by atoms with Gasteiger partial charge in [-0.2, -0.15) is 0 Å². The Labute approximate surface area is 119 Å². The van der Waals surface area contributed by atoms with E-state index in [1.807, 2.05) is 37.3 Å². The topological polar surface area (TPSA) is 42.4 Å². The van der Waals surface area contributed by atoms with Gasteiger partial charge in [0.05, 0.1) is 5.69 Å². The van der Waals surface area contributed by atoms with Crippen molar-refractivity contribution in [2.24, 2.45) is 0 Å². The number of aliphatic hydroxyl groups excluding tert-OH is 1.